The molecule has 1 amide bonds. The standard InChI is InChI=1S/C19H28N2O5S/c22-18(23)12-6-1-2-7-13-20-19(24)16-9-8-14-21(15-16)27(25,26)17-10-4-3-5-11-17/h3-5,10-11,16H,1-2,6-9,12-15H2,(H,20,24)(H,22,23). The van der Waals surface area contributed by atoms with Crippen LogP contribution in [-0.2, 0) is 19.6 Å². The molecule has 8 heteroatoms. The molecule has 0 saturated carbocycles. The smallest absolute Gasteiger partial charge is 0.303 e. The van der Waals surface area contributed by atoms with Crippen LogP contribution in [0.1, 0.15) is 44.9 Å². The quantitative estimate of drug-likeness (QED) is 0.590. The third-order valence-corrected chi connectivity index (χ3v) is 6.63. The van der Waals surface area contributed by atoms with Crippen LogP contribution in [-0.4, -0.2) is 49.3 Å². The third-order valence-electron chi connectivity index (χ3n) is 4.75. The van der Waals surface area contributed by atoms with Gasteiger partial charge in [-0.25, -0.2) is 8.42 Å². The Morgan fingerprint density at radius 1 is 1.11 bits per heavy atom. The Morgan fingerprint density at radius 2 is 1.81 bits per heavy atom. The molecule has 1 aliphatic rings. The largest absolute Gasteiger partial charge is 0.481 e. The Morgan fingerprint density at radius 3 is 2.52 bits per heavy atom. The summed E-state index contributed by atoms with van der Waals surface area (Å²) in [5.41, 5.74) is 0. The molecule has 0 aromatic heterocycles. The molecule has 1 heterocycles. The first kappa shape index (κ1) is 21.4. The van der Waals surface area contributed by atoms with E-state index in [1.165, 1.54) is 4.31 Å². The Labute approximate surface area is 160 Å². The fraction of sp³-hybridized carbons (Fsp3) is 0.579. The highest BCUT2D eigenvalue weighted by Crippen LogP contribution is 2.23. The maximum absolute atomic E-state index is 12.7. The van der Waals surface area contributed by atoms with Gasteiger partial charge in [-0.15, -0.1) is 0 Å². The predicted octanol–water partition coefficient (Wildman–Crippen LogP) is 2.24. The van der Waals surface area contributed by atoms with Gasteiger partial charge in [0.05, 0.1) is 10.8 Å². The minimum absolute atomic E-state index is 0.103. The molecule has 0 bridgehead atoms. The van der Waals surface area contributed by atoms with Gasteiger partial charge in [-0.1, -0.05) is 31.0 Å². The lowest BCUT2D eigenvalue weighted by atomic mass is 9.99. The molecule has 7 nitrogen and oxygen atoms in total. The lowest BCUT2D eigenvalue weighted by Crippen LogP contribution is -2.45. The zero-order valence-electron chi connectivity index (χ0n) is 15.5. The van der Waals surface area contributed by atoms with Crippen molar-refractivity contribution in [1.82, 2.24) is 9.62 Å². The van der Waals surface area contributed by atoms with Gasteiger partial charge in [0.25, 0.3) is 0 Å². The van der Waals surface area contributed by atoms with Gasteiger partial charge < -0.3 is 10.4 Å². The summed E-state index contributed by atoms with van der Waals surface area (Å²) < 4.78 is 26.8. The van der Waals surface area contributed by atoms with Crippen molar-refractivity contribution in [2.24, 2.45) is 5.92 Å². The van der Waals surface area contributed by atoms with Gasteiger partial charge in [0.1, 0.15) is 0 Å². The number of hydrogen-bond donors (Lipinski definition) is 2. The monoisotopic (exact) mass is 396 g/mol. The average molecular weight is 397 g/mol. The molecule has 1 unspecified atom stereocenters. The Hall–Kier alpha value is -1.93. The predicted molar refractivity (Wildman–Crippen MR) is 102 cm³/mol. The molecule has 1 fully saturated rings. The first-order valence-electron chi connectivity index (χ1n) is 9.46. The van der Waals surface area contributed by atoms with Crippen molar-refractivity contribution in [2.75, 3.05) is 19.6 Å². The fourth-order valence-corrected chi connectivity index (χ4v) is 4.77. The van der Waals surface area contributed by atoms with Crippen molar-refractivity contribution in [3.8, 4) is 0 Å². The topological polar surface area (TPSA) is 104 Å². The van der Waals surface area contributed by atoms with Crippen molar-refractivity contribution in [2.45, 2.75) is 49.8 Å². The molecule has 1 aromatic rings. The number of rotatable bonds is 10. The first-order valence-corrected chi connectivity index (χ1v) is 10.9. The summed E-state index contributed by atoms with van der Waals surface area (Å²) >= 11 is 0. The third kappa shape index (κ3) is 6.62. The normalized spacial score (nSPS) is 18.1. The maximum atomic E-state index is 12.7. The fourth-order valence-electron chi connectivity index (χ4n) is 3.23. The molecular weight excluding hydrogens is 368 g/mol. The summed E-state index contributed by atoms with van der Waals surface area (Å²) in [6, 6.07) is 8.30. The van der Waals surface area contributed by atoms with Crippen molar-refractivity contribution < 1.29 is 23.1 Å². The minimum atomic E-state index is -3.57. The van der Waals surface area contributed by atoms with Gasteiger partial charge in [-0.2, -0.15) is 4.31 Å². The summed E-state index contributed by atoms with van der Waals surface area (Å²) in [4.78, 5) is 23.1. The number of aliphatic carboxylic acids is 1. The van der Waals surface area contributed by atoms with Crippen LogP contribution in [0.4, 0.5) is 0 Å². The molecule has 1 aliphatic heterocycles. The lowest BCUT2D eigenvalue weighted by Gasteiger charge is -2.31. The summed E-state index contributed by atoms with van der Waals surface area (Å²) in [6.45, 7) is 1.18. The van der Waals surface area contributed by atoms with Crippen molar-refractivity contribution in [3.63, 3.8) is 0 Å². The second-order valence-electron chi connectivity index (χ2n) is 6.86. The Balaban J connectivity index is 1.77. The van der Waals surface area contributed by atoms with Gasteiger partial charge in [0.2, 0.25) is 15.9 Å². The number of benzene rings is 1. The van der Waals surface area contributed by atoms with E-state index in [9.17, 15) is 18.0 Å². The molecular formula is C19H28N2O5S. The number of carbonyl (C=O) groups excluding carboxylic acids is 1. The van der Waals surface area contributed by atoms with Crippen LogP contribution in [0.25, 0.3) is 0 Å². The number of unbranched alkanes of at least 4 members (excludes halogenated alkanes) is 3. The van der Waals surface area contributed by atoms with Gasteiger partial charge in [0.15, 0.2) is 0 Å². The van der Waals surface area contributed by atoms with Crippen LogP contribution in [0.15, 0.2) is 35.2 Å². The number of carboxylic acids is 1. The highest BCUT2D eigenvalue weighted by Gasteiger charge is 2.33. The highest BCUT2D eigenvalue weighted by atomic mass is 32.2. The van der Waals surface area contributed by atoms with E-state index in [4.69, 9.17) is 5.11 Å². The van der Waals surface area contributed by atoms with E-state index in [-0.39, 0.29) is 29.7 Å². The van der Waals surface area contributed by atoms with Crippen molar-refractivity contribution >= 4 is 21.9 Å². The first-order chi connectivity index (χ1) is 12.9. The van der Waals surface area contributed by atoms with E-state index in [0.29, 0.717) is 32.4 Å². The SMILES string of the molecule is O=C(O)CCCCCCNC(=O)C1CCCN(S(=O)(=O)c2ccccc2)C1. The zero-order chi connectivity index (χ0) is 19.7. The molecule has 2 N–H and O–H groups in total. The van der Waals surface area contributed by atoms with Crippen molar-refractivity contribution in [1.29, 1.82) is 0 Å². The molecule has 0 spiro atoms. The minimum Gasteiger partial charge on any atom is -0.481 e. The van der Waals surface area contributed by atoms with Gasteiger partial charge in [-0.3, -0.25) is 9.59 Å². The second kappa shape index (κ2) is 10.4. The summed E-state index contributed by atoms with van der Waals surface area (Å²) in [7, 11) is -3.57. The average Bonchev–Trinajstić information content (AvgIpc) is 2.67. The van der Waals surface area contributed by atoms with Crippen LogP contribution in [0.2, 0.25) is 0 Å². The second-order valence-corrected chi connectivity index (χ2v) is 8.80. The van der Waals surface area contributed by atoms with Crippen LogP contribution in [0, 0.1) is 5.92 Å². The number of carbonyl (C=O) groups is 2. The number of amides is 1. The molecule has 1 atom stereocenters. The van der Waals surface area contributed by atoms with E-state index in [1.807, 2.05) is 0 Å². The van der Waals surface area contributed by atoms with Crippen LogP contribution >= 0.6 is 0 Å². The molecule has 150 valence electrons. The van der Waals surface area contributed by atoms with Gasteiger partial charge >= 0.3 is 5.97 Å². The molecule has 2 rings (SSSR count). The van der Waals surface area contributed by atoms with E-state index in [0.717, 1.165) is 19.3 Å². The Bertz CT molecular complexity index is 721. The zero-order valence-corrected chi connectivity index (χ0v) is 16.3. The molecule has 1 saturated heterocycles. The molecule has 0 radical (unpaired) electrons. The molecule has 0 aliphatic carbocycles. The van der Waals surface area contributed by atoms with Crippen molar-refractivity contribution in [3.05, 3.63) is 30.3 Å². The van der Waals surface area contributed by atoms with E-state index < -0.39 is 16.0 Å². The lowest BCUT2D eigenvalue weighted by molar-refractivity contribution is -0.137. The number of nitrogens with one attached hydrogen (secondary N) is 1. The Kier molecular flexibility index (Phi) is 8.24. The number of sulfonamides is 1. The van der Waals surface area contributed by atoms with Crippen LogP contribution in [0.3, 0.4) is 0 Å². The highest BCUT2D eigenvalue weighted by molar-refractivity contribution is 7.89. The summed E-state index contributed by atoms with van der Waals surface area (Å²) in [5, 5.41) is 11.5. The van der Waals surface area contributed by atoms with Crippen LogP contribution in [0.5, 0.6) is 0 Å². The van der Waals surface area contributed by atoms with E-state index in [1.54, 1.807) is 30.3 Å². The van der Waals surface area contributed by atoms with Crippen LogP contribution < -0.4 is 5.32 Å². The molecule has 1 aromatic carbocycles. The van der Waals surface area contributed by atoms with Gasteiger partial charge in [0, 0.05) is 26.1 Å². The number of carboxylic acid groups (broad SMARTS) is 1. The van der Waals surface area contributed by atoms with Gasteiger partial charge in [-0.05, 0) is 37.8 Å². The molecule has 27 heavy (non-hydrogen) atoms. The maximum Gasteiger partial charge on any atom is 0.303 e. The van der Waals surface area contributed by atoms with E-state index >= 15 is 0 Å². The number of hydrogen-bond acceptors (Lipinski definition) is 4. The summed E-state index contributed by atoms with van der Waals surface area (Å²) in [6.07, 6.45) is 4.68. The van der Waals surface area contributed by atoms with E-state index in [2.05, 4.69) is 5.32 Å². The number of piperidine rings is 1. The number of nitrogens with zero attached hydrogens (tertiary/aromatic N) is 1. The summed E-state index contributed by atoms with van der Waals surface area (Å²) in [5.74, 6) is -1.21.